The van der Waals surface area contributed by atoms with Crippen LogP contribution in [0.15, 0.2) is 29.4 Å². The van der Waals surface area contributed by atoms with Crippen molar-refractivity contribution in [1.29, 1.82) is 0 Å². The third kappa shape index (κ3) is 16.2. The monoisotopic (exact) mass is 420 g/mol. The van der Waals surface area contributed by atoms with Crippen LogP contribution in [0.2, 0.25) is 5.02 Å². The van der Waals surface area contributed by atoms with Gasteiger partial charge in [0.05, 0.1) is 6.21 Å². The van der Waals surface area contributed by atoms with Crippen LogP contribution < -0.4 is 5.43 Å². The summed E-state index contributed by atoms with van der Waals surface area (Å²) in [6, 6.07) is 7.39. The van der Waals surface area contributed by atoms with Crippen LogP contribution in [0, 0.1) is 0 Å². The minimum Gasteiger partial charge on any atom is -0.273 e. The van der Waals surface area contributed by atoms with Crippen LogP contribution in [-0.4, -0.2) is 12.1 Å². The summed E-state index contributed by atoms with van der Waals surface area (Å²) >= 11 is 5.91. The number of rotatable bonds is 18. The Labute approximate surface area is 183 Å². The highest BCUT2D eigenvalue weighted by atomic mass is 35.5. The molecule has 0 saturated carbocycles. The number of carbonyl (C=O) groups excluding carboxylic acids is 1. The van der Waals surface area contributed by atoms with Gasteiger partial charge in [0.15, 0.2) is 0 Å². The second-order valence-electron chi connectivity index (χ2n) is 8.05. The molecule has 0 atom stereocenters. The highest BCUT2D eigenvalue weighted by Crippen LogP contribution is 2.13. The summed E-state index contributed by atoms with van der Waals surface area (Å²) in [6.45, 7) is 2.28. The van der Waals surface area contributed by atoms with Crippen molar-refractivity contribution in [2.75, 3.05) is 0 Å². The summed E-state index contributed by atoms with van der Waals surface area (Å²) in [4.78, 5) is 11.8. The van der Waals surface area contributed by atoms with E-state index >= 15 is 0 Å². The van der Waals surface area contributed by atoms with Gasteiger partial charge in [0.1, 0.15) is 0 Å². The molecule has 4 heteroatoms. The topological polar surface area (TPSA) is 41.5 Å². The van der Waals surface area contributed by atoms with Crippen LogP contribution >= 0.6 is 11.6 Å². The van der Waals surface area contributed by atoms with Crippen molar-refractivity contribution >= 4 is 23.7 Å². The van der Waals surface area contributed by atoms with Gasteiger partial charge < -0.3 is 0 Å². The van der Waals surface area contributed by atoms with Gasteiger partial charge in [-0.1, -0.05) is 121 Å². The lowest BCUT2D eigenvalue weighted by atomic mass is 10.0. The predicted octanol–water partition coefficient (Wildman–Crippen LogP) is 8.05. The molecule has 0 heterocycles. The third-order valence-electron chi connectivity index (χ3n) is 5.26. The molecule has 1 N–H and O–H groups in total. The fourth-order valence-electron chi connectivity index (χ4n) is 3.48. The van der Waals surface area contributed by atoms with Gasteiger partial charge in [-0.2, -0.15) is 5.10 Å². The Kier molecular flexibility index (Phi) is 16.5. The maximum Gasteiger partial charge on any atom is 0.240 e. The molecule has 1 aromatic carbocycles. The highest BCUT2D eigenvalue weighted by molar-refractivity contribution is 6.30. The number of unbranched alkanes of at least 4 members (excludes halogenated alkanes) is 14. The first kappa shape index (κ1) is 25.7. The van der Waals surface area contributed by atoms with Gasteiger partial charge in [-0.05, 0) is 24.1 Å². The smallest absolute Gasteiger partial charge is 0.240 e. The summed E-state index contributed by atoms with van der Waals surface area (Å²) < 4.78 is 0. The van der Waals surface area contributed by atoms with Crippen molar-refractivity contribution in [3.05, 3.63) is 34.9 Å². The quantitative estimate of drug-likeness (QED) is 0.145. The van der Waals surface area contributed by atoms with Crippen molar-refractivity contribution in [2.24, 2.45) is 5.10 Å². The number of carbonyl (C=O) groups is 1. The number of amides is 1. The molecule has 3 nitrogen and oxygen atoms in total. The normalized spacial score (nSPS) is 11.2. The van der Waals surface area contributed by atoms with Crippen molar-refractivity contribution in [3.63, 3.8) is 0 Å². The number of nitrogens with one attached hydrogen (secondary N) is 1. The van der Waals surface area contributed by atoms with E-state index in [2.05, 4.69) is 17.5 Å². The zero-order valence-corrected chi connectivity index (χ0v) is 19.2. The molecule has 0 saturated heterocycles. The van der Waals surface area contributed by atoms with Gasteiger partial charge >= 0.3 is 0 Å². The van der Waals surface area contributed by atoms with Gasteiger partial charge in [-0.3, -0.25) is 4.79 Å². The van der Waals surface area contributed by atoms with Crippen molar-refractivity contribution < 1.29 is 4.79 Å². The second kappa shape index (κ2) is 18.7. The fourth-order valence-corrected chi connectivity index (χ4v) is 3.68. The minimum atomic E-state index is -0.0158. The first-order valence-electron chi connectivity index (χ1n) is 11.8. The standard InChI is InChI=1S/C25H41ClN2O/c1-2-3-4-5-6-7-8-9-10-11-12-13-14-15-16-20-25(29)28-27-22-23-18-17-19-24(26)21-23/h17-19,21-22H,2-16,20H2,1H3,(H,28,29)/b27-22-. The average Bonchev–Trinajstić information content (AvgIpc) is 2.71. The number of nitrogens with zero attached hydrogens (tertiary/aromatic N) is 1. The van der Waals surface area contributed by atoms with Crippen molar-refractivity contribution in [3.8, 4) is 0 Å². The molecule has 164 valence electrons. The van der Waals surface area contributed by atoms with E-state index in [0.29, 0.717) is 11.4 Å². The molecule has 0 aliphatic rings. The van der Waals surface area contributed by atoms with E-state index in [1.54, 1.807) is 6.21 Å². The lowest BCUT2D eigenvalue weighted by Crippen LogP contribution is -2.16. The van der Waals surface area contributed by atoms with Crippen LogP contribution in [0.3, 0.4) is 0 Å². The van der Waals surface area contributed by atoms with Crippen LogP contribution in [0.4, 0.5) is 0 Å². The number of hydrogen-bond donors (Lipinski definition) is 1. The van der Waals surface area contributed by atoms with E-state index in [4.69, 9.17) is 11.6 Å². The number of hydrazone groups is 1. The third-order valence-corrected chi connectivity index (χ3v) is 5.49. The SMILES string of the molecule is CCCCCCCCCCCCCCCCCC(=O)N/N=C\c1cccc(Cl)c1. The lowest BCUT2D eigenvalue weighted by molar-refractivity contribution is -0.121. The van der Waals surface area contributed by atoms with Crippen LogP contribution in [-0.2, 0) is 4.79 Å². The molecule has 0 aliphatic carbocycles. The summed E-state index contributed by atoms with van der Waals surface area (Å²) in [5.41, 5.74) is 3.47. The lowest BCUT2D eigenvalue weighted by Gasteiger charge is -2.03. The first-order valence-corrected chi connectivity index (χ1v) is 12.2. The largest absolute Gasteiger partial charge is 0.273 e. The molecule has 29 heavy (non-hydrogen) atoms. The van der Waals surface area contributed by atoms with E-state index in [-0.39, 0.29) is 5.91 Å². The molecule has 0 aliphatic heterocycles. The maximum absolute atomic E-state index is 11.8. The van der Waals surface area contributed by atoms with E-state index in [1.807, 2.05) is 24.3 Å². The van der Waals surface area contributed by atoms with Gasteiger partial charge in [-0.25, -0.2) is 5.43 Å². The maximum atomic E-state index is 11.8. The van der Waals surface area contributed by atoms with Crippen molar-refractivity contribution in [2.45, 2.75) is 110 Å². The molecule has 0 spiro atoms. The van der Waals surface area contributed by atoms with Crippen molar-refractivity contribution in [1.82, 2.24) is 5.43 Å². The summed E-state index contributed by atoms with van der Waals surface area (Å²) in [5, 5.41) is 4.65. The van der Waals surface area contributed by atoms with E-state index < -0.39 is 0 Å². The Morgan fingerprint density at radius 3 is 1.90 bits per heavy atom. The van der Waals surface area contributed by atoms with E-state index in [1.165, 1.54) is 83.5 Å². The van der Waals surface area contributed by atoms with Gasteiger partial charge in [0, 0.05) is 11.4 Å². The molecule has 0 aromatic heterocycles. The van der Waals surface area contributed by atoms with Crippen LogP contribution in [0.25, 0.3) is 0 Å². The predicted molar refractivity (Wildman–Crippen MR) is 127 cm³/mol. The molecule has 0 bridgehead atoms. The van der Waals surface area contributed by atoms with Crippen LogP contribution in [0.1, 0.15) is 115 Å². The summed E-state index contributed by atoms with van der Waals surface area (Å²) in [6.07, 6.45) is 22.1. The van der Waals surface area contributed by atoms with Gasteiger partial charge in [-0.15, -0.1) is 0 Å². The average molecular weight is 421 g/mol. The molecular formula is C25H41ClN2O. The van der Waals surface area contributed by atoms with Gasteiger partial charge in [0.25, 0.3) is 0 Å². The first-order chi connectivity index (χ1) is 14.2. The molecule has 0 fully saturated rings. The van der Waals surface area contributed by atoms with E-state index in [9.17, 15) is 4.79 Å². The summed E-state index contributed by atoms with van der Waals surface area (Å²) in [5.74, 6) is -0.0158. The van der Waals surface area contributed by atoms with Crippen LogP contribution in [0.5, 0.6) is 0 Å². The number of benzene rings is 1. The molecule has 1 amide bonds. The fraction of sp³-hybridized carbons (Fsp3) is 0.680. The van der Waals surface area contributed by atoms with E-state index in [0.717, 1.165) is 18.4 Å². The molecule has 1 rings (SSSR count). The number of halogens is 1. The molecule has 0 radical (unpaired) electrons. The Hall–Kier alpha value is -1.35. The zero-order valence-electron chi connectivity index (χ0n) is 18.4. The molecular weight excluding hydrogens is 380 g/mol. The Balaban J connectivity index is 1.84. The Morgan fingerprint density at radius 1 is 0.862 bits per heavy atom. The summed E-state index contributed by atoms with van der Waals surface area (Å²) in [7, 11) is 0. The van der Waals surface area contributed by atoms with Gasteiger partial charge in [0.2, 0.25) is 5.91 Å². The Morgan fingerprint density at radius 2 is 1.38 bits per heavy atom. The number of hydrogen-bond acceptors (Lipinski definition) is 2. The molecule has 1 aromatic rings. The molecule has 0 unspecified atom stereocenters. The zero-order chi connectivity index (χ0) is 21.0. The minimum absolute atomic E-state index is 0.0158. The highest BCUT2D eigenvalue weighted by Gasteiger charge is 2.00. The second-order valence-corrected chi connectivity index (χ2v) is 8.48. The Bertz CT molecular complexity index is 560.